The Labute approximate surface area is 160 Å². The van der Waals surface area contributed by atoms with Crippen LogP contribution in [-0.2, 0) is 16.1 Å². The monoisotopic (exact) mass is 376 g/mol. The normalized spacial score (nSPS) is 12.3. The molecule has 1 aliphatic rings. The number of amides is 4. The average molecular weight is 376 g/mol. The first-order chi connectivity index (χ1) is 13.5. The van der Waals surface area contributed by atoms with Gasteiger partial charge in [0.25, 0.3) is 11.8 Å². The van der Waals surface area contributed by atoms with Crippen molar-refractivity contribution >= 4 is 29.3 Å². The van der Waals surface area contributed by atoms with E-state index in [4.69, 9.17) is 5.26 Å². The van der Waals surface area contributed by atoms with Gasteiger partial charge in [0.1, 0.15) is 13.0 Å². The SMILES string of the molecule is N#CCC(=O)NCc1ccccc1NC(=O)CN1C(=O)c2ccccc2C1=O. The standard InChI is InChI=1S/C20H16N4O4/c21-10-9-17(25)22-11-13-5-1-4-8-16(13)23-18(26)12-24-19(27)14-6-2-3-7-15(14)20(24)28/h1-8H,9,11-12H2,(H,22,25)(H,23,26). The third-order valence-corrected chi connectivity index (χ3v) is 4.19. The van der Waals surface area contributed by atoms with Gasteiger partial charge in [0, 0.05) is 12.2 Å². The summed E-state index contributed by atoms with van der Waals surface area (Å²) >= 11 is 0. The zero-order chi connectivity index (χ0) is 20.1. The van der Waals surface area contributed by atoms with Gasteiger partial charge in [-0.3, -0.25) is 24.1 Å². The van der Waals surface area contributed by atoms with Crippen molar-refractivity contribution in [2.45, 2.75) is 13.0 Å². The molecule has 1 heterocycles. The molecule has 1 aliphatic heterocycles. The van der Waals surface area contributed by atoms with Crippen molar-refractivity contribution in [2.24, 2.45) is 0 Å². The first-order valence-electron chi connectivity index (χ1n) is 8.48. The van der Waals surface area contributed by atoms with E-state index < -0.39 is 30.2 Å². The fourth-order valence-corrected chi connectivity index (χ4v) is 2.84. The summed E-state index contributed by atoms with van der Waals surface area (Å²) in [5, 5.41) is 13.8. The number of hydrogen-bond donors (Lipinski definition) is 2. The highest BCUT2D eigenvalue weighted by Gasteiger charge is 2.36. The van der Waals surface area contributed by atoms with Gasteiger partial charge < -0.3 is 10.6 Å². The van der Waals surface area contributed by atoms with E-state index in [1.165, 1.54) is 0 Å². The van der Waals surface area contributed by atoms with Crippen molar-refractivity contribution in [2.75, 3.05) is 11.9 Å². The molecule has 2 N–H and O–H groups in total. The van der Waals surface area contributed by atoms with Gasteiger partial charge in [-0.15, -0.1) is 0 Å². The van der Waals surface area contributed by atoms with Crippen LogP contribution in [0.2, 0.25) is 0 Å². The van der Waals surface area contributed by atoms with Crippen molar-refractivity contribution in [1.29, 1.82) is 5.26 Å². The minimum absolute atomic E-state index is 0.129. The molecule has 0 saturated carbocycles. The number of rotatable bonds is 6. The van der Waals surface area contributed by atoms with Crippen LogP contribution in [0.3, 0.4) is 0 Å². The number of nitrogens with zero attached hydrogens (tertiary/aromatic N) is 2. The van der Waals surface area contributed by atoms with Crippen LogP contribution in [0.25, 0.3) is 0 Å². The molecule has 0 saturated heterocycles. The molecule has 28 heavy (non-hydrogen) atoms. The zero-order valence-electron chi connectivity index (χ0n) is 14.8. The Morgan fingerprint density at radius 2 is 1.54 bits per heavy atom. The molecule has 0 aromatic heterocycles. The van der Waals surface area contributed by atoms with Gasteiger partial charge in [0.15, 0.2) is 0 Å². The molecule has 8 nitrogen and oxygen atoms in total. The first-order valence-corrected chi connectivity index (χ1v) is 8.48. The second kappa shape index (κ2) is 8.14. The molecule has 0 aliphatic carbocycles. The third-order valence-electron chi connectivity index (χ3n) is 4.19. The molecule has 3 rings (SSSR count). The van der Waals surface area contributed by atoms with E-state index in [2.05, 4.69) is 10.6 Å². The number of carbonyl (C=O) groups is 4. The molecule has 2 aromatic rings. The minimum atomic E-state index is -0.537. The Bertz CT molecular complexity index is 974. The summed E-state index contributed by atoms with van der Waals surface area (Å²) in [6.07, 6.45) is -0.256. The number of benzene rings is 2. The lowest BCUT2D eigenvalue weighted by Gasteiger charge is -2.15. The van der Waals surface area contributed by atoms with E-state index in [-0.39, 0.29) is 24.1 Å². The molecule has 8 heteroatoms. The predicted molar refractivity (Wildman–Crippen MR) is 99.0 cm³/mol. The Kier molecular flexibility index (Phi) is 5.46. The van der Waals surface area contributed by atoms with Crippen molar-refractivity contribution in [3.05, 3.63) is 65.2 Å². The van der Waals surface area contributed by atoms with Gasteiger partial charge in [-0.2, -0.15) is 5.26 Å². The van der Waals surface area contributed by atoms with Crippen molar-refractivity contribution in [3.8, 4) is 6.07 Å². The summed E-state index contributed by atoms with van der Waals surface area (Å²) < 4.78 is 0. The van der Waals surface area contributed by atoms with Crippen LogP contribution < -0.4 is 10.6 Å². The number of nitrogens with one attached hydrogen (secondary N) is 2. The Balaban J connectivity index is 1.66. The minimum Gasteiger partial charge on any atom is -0.351 e. The Hall–Kier alpha value is -3.99. The van der Waals surface area contributed by atoms with E-state index in [0.29, 0.717) is 11.3 Å². The lowest BCUT2D eigenvalue weighted by molar-refractivity contribution is -0.120. The average Bonchev–Trinajstić information content (AvgIpc) is 2.93. The maximum absolute atomic E-state index is 12.4. The van der Waals surface area contributed by atoms with E-state index in [0.717, 1.165) is 4.90 Å². The molecule has 0 atom stereocenters. The summed E-state index contributed by atoms with van der Waals surface area (Å²) in [4.78, 5) is 49.5. The van der Waals surface area contributed by atoms with Crippen LogP contribution >= 0.6 is 0 Å². The van der Waals surface area contributed by atoms with Crippen LogP contribution in [0, 0.1) is 11.3 Å². The number of anilines is 1. The molecular weight excluding hydrogens is 360 g/mol. The van der Waals surface area contributed by atoms with Crippen molar-refractivity contribution in [1.82, 2.24) is 10.2 Å². The maximum atomic E-state index is 12.4. The van der Waals surface area contributed by atoms with Crippen LogP contribution in [-0.4, -0.2) is 35.1 Å². The molecule has 4 amide bonds. The van der Waals surface area contributed by atoms with Crippen LogP contribution in [0.4, 0.5) is 5.69 Å². The highest BCUT2D eigenvalue weighted by Crippen LogP contribution is 2.22. The number of nitriles is 1. The molecule has 0 bridgehead atoms. The van der Waals surface area contributed by atoms with Crippen molar-refractivity contribution < 1.29 is 19.2 Å². The van der Waals surface area contributed by atoms with Crippen molar-refractivity contribution in [3.63, 3.8) is 0 Å². The third kappa shape index (κ3) is 3.88. The topological polar surface area (TPSA) is 119 Å². The summed E-state index contributed by atoms with van der Waals surface area (Å²) in [5.41, 5.74) is 1.63. The molecule has 2 aromatic carbocycles. The Morgan fingerprint density at radius 1 is 0.929 bits per heavy atom. The smallest absolute Gasteiger partial charge is 0.262 e. The van der Waals surface area contributed by atoms with Crippen LogP contribution in [0.15, 0.2) is 48.5 Å². The van der Waals surface area contributed by atoms with E-state index in [1.807, 2.05) is 0 Å². The fraction of sp³-hybridized carbons (Fsp3) is 0.150. The second-order valence-corrected chi connectivity index (χ2v) is 6.06. The first kappa shape index (κ1) is 18.8. The number of imide groups is 1. The van der Waals surface area contributed by atoms with E-state index in [9.17, 15) is 19.2 Å². The molecule has 0 unspecified atom stereocenters. The maximum Gasteiger partial charge on any atom is 0.262 e. The highest BCUT2D eigenvalue weighted by atomic mass is 16.2. The molecular formula is C20H16N4O4. The van der Waals surface area contributed by atoms with Gasteiger partial charge >= 0.3 is 0 Å². The summed E-state index contributed by atoms with van der Waals surface area (Å²) in [6.45, 7) is -0.286. The highest BCUT2D eigenvalue weighted by molar-refractivity contribution is 6.22. The molecule has 0 spiro atoms. The number of para-hydroxylation sites is 1. The lowest BCUT2D eigenvalue weighted by Crippen LogP contribution is -2.37. The molecule has 0 fully saturated rings. The summed E-state index contributed by atoms with van der Waals surface area (Å²) in [5.74, 6) is -1.97. The number of fused-ring (bicyclic) bond motifs is 1. The van der Waals surface area contributed by atoms with Gasteiger partial charge in [-0.05, 0) is 23.8 Å². The number of carbonyl (C=O) groups excluding carboxylic acids is 4. The number of hydrogen-bond acceptors (Lipinski definition) is 5. The van der Waals surface area contributed by atoms with E-state index in [1.54, 1.807) is 54.6 Å². The van der Waals surface area contributed by atoms with Gasteiger partial charge in [-0.1, -0.05) is 30.3 Å². The van der Waals surface area contributed by atoms with Crippen LogP contribution in [0.1, 0.15) is 32.7 Å². The van der Waals surface area contributed by atoms with Gasteiger partial charge in [-0.25, -0.2) is 0 Å². The molecule has 140 valence electrons. The largest absolute Gasteiger partial charge is 0.351 e. The summed E-state index contributed by atoms with van der Waals surface area (Å²) in [6, 6.07) is 15.0. The van der Waals surface area contributed by atoms with Crippen LogP contribution in [0.5, 0.6) is 0 Å². The van der Waals surface area contributed by atoms with Gasteiger partial charge in [0.2, 0.25) is 11.8 Å². The lowest BCUT2D eigenvalue weighted by atomic mass is 10.1. The fourth-order valence-electron chi connectivity index (χ4n) is 2.84. The predicted octanol–water partition coefficient (Wildman–Crippen LogP) is 1.45. The van der Waals surface area contributed by atoms with E-state index >= 15 is 0 Å². The summed E-state index contributed by atoms with van der Waals surface area (Å²) in [7, 11) is 0. The molecule has 0 radical (unpaired) electrons. The second-order valence-electron chi connectivity index (χ2n) is 6.06. The zero-order valence-corrected chi connectivity index (χ0v) is 14.8. The quantitative estimate of drug-likeness (QED) is 0.740. The Morgan fingerprint density at radius 3 is 2.18 bits per heavy atom. The van der Waals surface area contributed by atoms with Gasteiger partial charge in [0.05, 0.1) is 17.2 Å².